The Balaban J connectivity index is 1.82. The van der Waals surface area contributed by atoms with Gasteiger partial charge in [0.15, 0.2) is 0 Å². The van der Waals surface area contributed by atoms with Gasteiger partial charge in [0, 0.05) is 23.6 Å². The average Bonchev–Trinajstić information content (AvgIpc) is 2.40. The summed E-state index contributed by atoms with van der Waals surface area (Å²) in [6, 6.07) is 8.30. The van der Waals surface area contributed by atoms with Gasteiger partial charge in [-0.3, -0.25) is 0 Å². The van der Waals surface area contributed by atoms with Gasteiger partial charge >= 0.3 is 0 Å². The van der Waals surface area contributed by atoms with Gasteiger partial charge in [0.05, 0.1) is 6.10 Å². The number of likely N-dealkylation sites (tertiary alicyclic amines) is 1. The van der Waals surface area contributed by atoms with E-state index in [9.17, 15) is 5.11 Å². The molecule has 1 aliphatic heterocycles. The molecular weight excluding hydrogens is 304 g/mol. The van der Waals surface area contributed by atoms with Gasteiger partial charge in [0.1, 0.15) is 0 Å². The van der Waals surface area contributed by atoms with Crippen LogP contribution >= 0.6 is 15.9 Å². The SMILES string of the molecule is CC1CN(CCC(N)c2cccc(Br)c2)CCC1O. The van der Waals surface area contributed by atoms with Crippen LogP contribution in [0.3, 0.4) is 0 Å². The van der Waals surface area contributed by atoms with Crippen molar-refractivity contribution in [3.63, 3.8) is 0 Å². The van der Waals surface area contributed by atoms with Crippen LogP contribution < -0.4 is 5.73 Å². The molecule has 4 heteroatoms. The molecule has 1 heterocycles. The summed E-state index contributed by atoms with van der Waals surface area (Å²) >= 11 is 3.48. The summed E-state index contributed by atoms with van der Waals surface area (Å²) in [6.07, 6.45) is 1.71. The zero-order valence-electron chi connectivity index (χ0n) is 11.4. The van der Waals surface area contributed by atoms with Crippen LogP contribution in [0.4, 0.5) is 0 Å². The van der Waals surface area contributed by atoms with Crippen LogP contribution in [0.25, 0.3) is 0 Å². The molecule has 3 nitrogen and oxygen atoms in total. The highest BCUT2D eigenvalue weighted by Gasteiger charge is 2.24. The first-order valence-corrected chi connectivity index (χ1v) is 7.77. The maximum absolute atomic E-state index is 9.72. The zero-order valence-corrected chi connectivity index (χ0v) is 13.0. The zero-order chi connectivity index (χ0) is 13.8. The molecule has 1 aliphatic rings. The van der Waals surface area contributed by atoms with E-state index in [4.69, 9.17) is 5.73 Å². The molecule has 19 heavy (non-hydrogen) atoms. The minimum atomic E-state index is -0.130. The molecule has 1 aromatic carbocycles. The number of piperidine rings is 1. The van der Waals surface area contributed by atoms with Crippen LogP contribution in [0.2, 0.25) is 0 Å². The Morgan fingerprint density at radius 3 is 3.00 bits per heavy atom. The Labute approximate surface area is 123 Å². The molecule has 106 valence electrons. The smallest absolute Gasteiger partial charge is 0.0590 e. The monoisotopic (exact) mass is 326 g/mol. The van der Waals surface area contributed by atoms with E-state index in [1.54, 1.807) is 0 Å². The summed E-state index contributed by atoms with van der Waals surface area (Å²) in [5.41, 5.74) is 7.43. The number of nitrogens with zero attached hydrogens (tertiary/aromatic N) is 1. The maximum Gasteiger partial charge on any atom is 0.0590 e. The first-order chi connectivity index (χ1) is 9.06. The molecular formula is C15H23BrN2O. The molecule has 1 aromatic rings. The van der Waals surface area contributed by atoms with Crippen LogP contribution in [0.15, 0.2) is 28.7 Å². The quantitative estimate of drug-likeness (QED) is 0.893. The fraction of sp³-hybridized carbons (Fsp3) is 0.600. The standard InChI is InChI=1S/C15H23BrN2O/c1-11-10-18(8-6-15(11)19)7-5-14(17)12-3-2-4-13(16)9-12/h2-4,9,11,14-15,19H,5-8,10,17H2,1H3. The Bertz CT molecular complexity index is 413. The second kappa shape index (κ2) is 6.84. The van der Waals surface area contributed by atoms with Crippen molar-refractivity contribution in [2.24, 2.45) is 11.7 Å². The number of aliphatic hydroxyl groups is 1. The van der Waals surface area contributed by atoms with Crippen molar-refractivity contribution >= 4 is 15.9 Å². The van der Waals surface area contributed by atoms with E-state index < -0.39 is 0 Å². The summed E-state index contributed by atoms with van der Waals surface area (Å²) < 4.78 is 1.08. The average molecular weight is 327 g/mol. The predicted octanol–water partition coefficient (Wildman–Crippen LogP) is 2.54. The Morgan fingerprint density at radius 2 is 2.32 bits per heavy atom. The maximum atomic E-state index is 9.72. The number of hydrogen-bond acceptors (Lipinski definition) is 3. The molecule has 2 rings (SSSR count). The van der Waals surface area contributed by atoms with Crippen LogP contribution in [0, 0.1) is 5.92 Å². The topological polar surface area (TPSA) is 49.5 Å². The third-order valence-electron chi connectivity index (χ3n) is 3.98. The minimum absolute atomic E-state index is 0.0830. The van der Waals surface area contributed by atoms with Crippen LogP contribution in [0.1, 0.15) is 31.4 Å². The molecule has 0 radical (unpaired) electrons. The van der Waals surface area contributed by atoms with Crippen molar-refractivity contribution < 1.29 is 5.11 Å². The van der Waals surface area contributed by atoms with E-state index in [1.807, 2.05) is 12.1 Å². The highest BCUT2D eigenvalue weighted by atomic mass is 79.9. The Kier molecular flexibility index (Phi) is 5.39. The van der Waals surface area contributed by atoms with E-state index in [1.165, 1.54) is 5.56 Å². The number of halogens is 1. The van der Waals surface area contributed by atoms with E-state index in [0.29, 0.717) is 5.92 Å². The van der Waals surface area contributed by atoms with Crippen LogP contribution in [-0.4, -0.2) is 35.7 Å². The molecule has 0 aromatic heterocycles. The third-order valence-corrected chi connectivity index (χ3v) is 4.47. The minimum Gasteiger partial charge on any atom is -0.393 e. The molecule has 3 unspecified atom stereocenters. The highest BCUT2D eigenvalue weighted by Crippen LogP contribution is 2.21. The number of hydrogen-bond donors (Lipinski definition) is 2. The fourth-order valence-corrected chi connectivity index (χ4v) is 3.07. The lowest BCUT2D eigenvalue weighted by molar-refractivity contribution is 0.0341. The van der Waals surface area contributed by atoms with Gasteiger partial charge in [0.25, 0.3) is 0 Å². The first-order valence-electron chi connectivity index (χ1n) is 6.97. The van der Waals surface area contributed by atoms with E-state index in [0.717, 1.165) is 36.9 Å². The van der Waals surface area contributed by atoms with Crippen molar-refractivity contribution in [1.29, 1.82) is 0 Å². The van der Waals surface area contributed by atoms with Gasteiger partial charge in [0.2, 0.25) is 0 Å². The third kappa shape index (κ3) is 4.28. The first kappa shape index (κ1) is 15.0. The molecule has 0 saturated carbocycles. The van der Waals surface area contributed by atoms with Crippen molar-refractivity contribution in [3.8, 4) is 0 Å². The van der Waals surface area contributed by atoms with Crippen LogP contribution in [0.5, 0.6) is 0 Å². The largest absolute Gasteiger partial charge is 0.393 e. The van der Waals surface area contributed by atoms with Crippen molar-refractivity contribution in [2.75, 3.05) is 19.6 Å². The number of nitrogens with two attached hydrogens (primary N) is 1. The molecule has 0 spiro atoms. The normalized spacial score (nSPS) is 26.3. The second-order valence-corrected chi connectivity index (χ2v) is 6.50. The van der Waals surface area contributed by atoms with Gasteiger partial charge < -0.3 is 15.7 Å². The number of benzene rings is 1. The molecule has 0 bridgehead atoms. The van der Waals surface area contributed by atoms with E-state index >= 15 is 0 Å². The highest BCUT2D eigenvalue weighted by molar-refractivity contribution is 9.10. The molecule has 0 aliphatic carbocycles. The van der Waals surface area contributed by atoms with Gasteiger partial charge in [-0.25, -0.2) is 0 Å². The predicted molar refractivity (Wildman–Crippen MR) is 81.9 cm³/mol. The molecule has 1 fully saturated rings. The summed E-state index contributed by atoms with van der Waals surface area (Å²) in [7, 11) is 0. The lowest BCUT2D eigenvalue weighted by Gasteiger charge is -2.34. The van der Waals surface area contributed by atoms with Gasteiger partial charge in [-0.05, 0) is 43.0 Å². The summed E-state index contributed by atoms with van der Waals surface area (Å²) in [5.74, 6) is 0.371. The summed E-state index contributed by atoms with van der Waals surface area (Å²) in [6.45, 7) is 5.08. The lowest BCUT2D eigenvalue weighted by atomic mass is 9.96. The van der Waals surface area contributed by atoms with Gasteiger partial charge in [-0.1, -0.05) is 35.0 Å². The molecule has 1 saturated heterocycles. The molecule has 3 atom stereocenters. The Morgan fingerprint density at radius 1 is 1.53 bits per heavy atom. The van der Waals surface area contributed by atoms with Crippen LogP contribution in [-0.2, 0) is 0 Å². The van der Waals surface area contributed by atoms with E-state index in [2.05, 4.69) is 39.9 Å². The molecule has 3 N–H and O–H groups in total. The summed E-state index contributed by atoms with van der Waals surface area (Å²) in [5, 5.41) is 9.72. The summed E-state index contributed by atoms with van der Waals surface area (Å²) in [4.78, 5) is 2.41. The van der Waals surface area contributed by atoms with E-state index in [-0.39, 0.29) is 12.1 Å². The molecule has 0 amide bonds. The fourth-order valence-electron chi connectivity index (χ4n) is 2.65. The van der Waals surface area contributed by atoms with Crippen molar-refractivity contribution in [2.45, 2.75) is 31.9 Å². The number of aliphatic hydroxyl groups excluding tert-OH is 1. The van der Waals surface area contributed by atoms with Crippen molar-refractivity contribution in [3.05, 3.63) is 34.3 Å². The van der Waals surface area contributed by atoms with Gasteiger partial charge in [-0.2, -0.15) is 0 Å². The second-order valence-electron chi connectivity index (χ2n) is 5.58. The number of rotatable bonds is 4. The Hall–Kier alpha value is -0.420. The van der Waals surface area contributed by atoms with Gasteiger partial charge in [-0.15, -0.1) is 0 Å². The van der Waals surface area contributed by atoms with Crippen molar-refractivity contribution in [1.82, 2.24) is 4.90 Å². The lowest BCUT2D eigenvalue weighted by Crippen LogP contribution is -2.42.